The summed E-state index contributed by atoms with van der Waals surface area (Å²) in [7, 11) is 0. The minimum absolute atomic E-state index is 0.113. The predicted octanol–water partition coefficient (Wildman–Crippen LogP) is 7.46. The van der Waals surface area contributed by atoms with Gasteiger partial charge in [0.15, 0.2) is 0 Å². The molecule has 0 aliphatic carbocycles. The minimum atomic E-state index is -4.49. The molecule has 5 heteroatoms. The standard InChI is InChI=1S/C19H11BrClF3/c20-14-6-1-4-12(10-14)16-8-3-9-17(18(16)19(22,23)24)13-5-2-7-15(21)11-13/h1-11H. The summed E-state index contributed by atoms with van der Waals surface area (Å²) in [5.74, 6) is 0. The molecule has 0 fully saturated rings. The summed E-state index contributed by atoms with van der Waals surface area (Å²) >= 11 is 9.26. The molecular formula is C19H11BrClF3. The molecule has 0 N–H and O–H groups in total. The van der Waals surface area contributed by atoms with Crippen molar-refractivity contribution < 1.29 is 13.2 Å². The normalized spacial score (nSPS) is 11.5. The van der Waals surface area contributed by atoms with E-state index in [2.05, 4.69) is 15.9 Å². The van der Waals surface area contributed by atoms with Gasteiger partial charge in [-0.1, -0.05) is 70.0 Å². The fourth-order valence-electron chi connectivity index (χ4n) is 2.65. The molecule has 0 amide bonds. The summed E-state index contributed by atoms with van der Waals surface area (Å²) in [5.41, 5.74) is 0.529. The molecule has 3 rings (SSSR count). The first-order valence-corrected chi connectivity index (χ1v) is 8.25. The molecule has 0 saturated heterocycles. The van der Waals surface area contributed by atoms with Gasteiger partial charge in [0.25, 0.3) is 0 Å². The quantitative estimate of drug-likeness (QED) is 0.410. The van der Waals surface area contributed by atoms with Crippen LogP contribution in [0.4, 0.5) is 13.2 Å². The zero-order valence-corrected chi connectivity index (χ0v) is 14.6. The number of hydrogen-bond acceptors (Lipinski definition) is 0. The molecule has 3 aromatic rings. The molecule has 122 valence electrons. The van der Waals surface area contributed by atoms with Crippen molar-refractivity contribution in [2.75, 3.05) is 0 Å². The van der Waals surface area contributed by atoms with Gasteiger partial charge in [-0.05, 0) is 46.5 Å². The van der Waals surface area contributed by atoms with E-state index in [1.54, 1.807) is 48.5 Å². The lowest BCUT2D eigenvalue weighted by atomic mass is 9.91. The van der Waals surface area contributed by atoms with Crippen LogP contribution in [0.5, 0.6) is 0 Å². The van der Waals surface area contributed by atoms with Crippen LogP contribution < -0.4 is 0 Å². The number of alkyl halides is 3. The van der Waals surface area contributed by atoms with Crippen LogP contribution >= 0.6 is 27.5 Å². The Morgan fingerprint density at radius 2 is 1.29 bits per heavy atom. The van der Waals surface area contributed by atoms with E-state index in [0.29, 0.717) is 16.1 Å². The fraction of sp³-hybridized carbons (Fsp3) is 0.0526. The van der Waals surface area contributed by atoms with E-state index in [0.717, 1.165) is 4.47 Å². The van der Waals surface area contributed by atoms with Gasteiger partial charge in [0.05, 0.1) is 5.56 Å². The third-order valence-corrected chi connectivity index (χ3v) is 4.35. The highest BCUT2D eigenvalue weighted by Gasteiger charge is 2.36. The summed E-state index contributed by atoms with van der Waals surface area (Å²) in [6, 6.07) is 17.8. The smallest absolute Gasteiger partial charge is 0.166 e. The van der Waals surface area contributed by atoms with E-state index in [1.807, 2.05) is 0 Å². The van der Waals surface area contributed by atoms with Gasteiger partial charge in [-0.15, -0.1) is 0 Å². The zero-order chi connectivity index (χ0) is 17.3. The largest absolute Gasteiger partial charge is 0.417 e. The van der Waals surface area contributed by atoms with E-state index in [9.17, 15) is 13.2 Å². The van der Waals surface area contributed by atoms with Crippen molar-refractivity contribution in [2.24, 2.45) is 0 Å². The average Bonchev–Trinajstić information content (AvgIpc) is 2.53. The molecule has 0 spiro atoms. The van der Waals surface area contributed by atoms with Gasteiger partial charge in [0.1, 0.15) is 0 Å². The van der Waals surface area contributed by atoms with Gasteiger partial charge in [0, 0.05) is 9.50 Å². The molecule has 0 radical (unpaired) electrons. The second-order valence-corrected chi connectivity index (χ2v) is 6.60. The Morgan fingerprint density at radius 3 is 1.83 bits per heavy atom. The molecule has 0 saturated carbocycles. The third kappa shape index (κ3) is 3.50. The zero-order valence-electron chi connectivity index (χ0n) is 12.2. The van der Waals surface area contributed by atoms with E-state index in [-0.39, 0.29) is 11.1 Å². The van der Waals surface area contributed by atoms with Crippen LogP contribution in [0.3, 0.4) is 0 Å². The lowest BCUT2D eigenvalue weighted by molar-refractivity contribution is -0.136. The Balaban J connectivity index is 2.30. The first kappa shape index (κ1) is 17.1. The Kier molecular flexibility index (Phi) is 4.70. The maximum Gasteiger partial charge on any atom is 0.417 e. The van der Waals surface area contributed by atoms with Gasteiger partial charge >= 0.3 is 6.18 Å². The molecule has 24 heavy (non-hydrogen) atoms. The van der Waals surface area contributed by atoms with Crippen molar-refractivity contribution in [2.45, 2.75) is 6.18 Å². The molecule has 0 aliphatic heterocycles. The number of rotatable bonds is 2. The first-order chi connectivity index (χ1) is 11.4. The minimum Gasteiger partial charge on any atom is -0.166 e. The highest BCUT2D eigenvalue weighted by molar-refractivity contribution is 9.10. The van der Waals surface area contributed by atoms with E-state index in [4.69, 9.17) is 11.6 Å². The first-order valence-electron chi connectivity index (χ1n) is 7.08. The number of hydrogen-bond donors (Lipinski definition) is 0. The summed E-state index contributed by atoms with van der Waals surface area (Å²) in [4.78, 5) is 0. The van der Waals surface area contributed by atoms with Crippen molar-refractivity contribution in [1.82, 2.24) is 0 Å². The highest BCUT2D eigenvalue weighted by atomic mass is 79.9. The molecule has 0 aromatic heterocycles. The molecule has 0 bridgehead atoms. The topological polar surface area (TPSA) is 0 Å². The van der Waals surface area contributed by atoms with Crippen LogP contribution in [-0.2, 0) is 6.18 Å². The van der Waals surface area contributed by atoms with Crippen LogP contribution in [-0.4, -0.2) is 0 Å². The summed E-state index contributed by atoms with van der Waals surface area (Å²) in [5, 5.41) is 0.397. The fourth-order valence-corrected chi connectivity index (χ4v) is 3.24. The van der Waals surface area contributed by atoms with E-state index in [1.165, 1.54) is 18.2 Å². The SMILES string of the molecule is FC(F)(F)c1c(-c2cccc(Cl)c2)cccc1-c1cccc(Br)c1. The monoisotopic (exact) mass is 410 g/mol. The van der Waals surface area contributed by atoms with E-state index < -0.39 is 11.7 Å². The number of halogens is 5. The second-order valence-electron chi connectivity index (χ2n) is 5.25. The molecule has 3 aromatic carbocycles. The van der Waals surface area contributed by atoms with Gasteiger partial charge < -0.3 is 0 Å². The predicted molar refractivity (Wildman–Crippen MR) is 95.0 cm³/mol. The van der Waals surface area contributed by atoms with E-state index >= 15 is 0 Å². The van der Waals surface area contributed by atoms with Crippen LogP contribution in [0, 0.1) is 0 Å². The van der Waals surface area contributed by atoms with Crippen LogP contribution in [0.1, 0.15) is 5.56 Å². The van der Waals surface area contributed by atoms with Crippen molar-refractivity contribution in [3.8, 4) is 22.3 Å². The summed E-state index contributed by atoms with van der Waals surface area (Å²) in [6.07, 6.45) is -4.49. The maximum absolute atomic E-state index is 13.8. The Labute approximate surface area is 151 Å². The van der Waals surface area contributed by atoms with Crippen LogP contribution in [0.2, 0.25) is 5.02 Å². The molecule has 0 atom stereocenters. The van der Waals surface area contributed by atoms with Gasteiger partial charge in [-0.25, -0.2) is 0 Å². The Bertz CT molecular complexity index is 824. The summed E-state index contributed by atoms with van der Waals surface area (Å²) in [6.45, 7) is 0. The Morgan fingerprint density at radius 1 is 0.750 bits per heavy atom. The van der Waals surface area contributed by atoms with Crippen molar-refractivity contribution in [3.63, 3.8) is 0 Å². The lowest BCUT2D eigenvalue weighted by Crippen LogP contribution is -2.09. The van der Waals surface area contributed by atoms with Crippen LogP contribution in [0.25, 0.3) is 22.3 Å². The third-order valence-electron chi connectivity index (χ3n) is 3.62. The van der Waals surface area contributed by atoms with Gasteiger partial charge in [-0.3, -0.25) is 0 Å². The maximum atomic E-state index is 13.8. The average molecular weight is 412 g/mol. The second kappa shape index (κ2) is 6.61. The lowest BCUT2D eigenvalue weighted by Gasteiger charge is -2.18. The molecule has 0 unspecified atom stereocenters. The summed E-state index contributed by atoms with van der Waals surface area (Å²) < 4.78 is 42.2. The molecule has 0 nitrogen and oxygen atoms in total. The molecule has 0 heterocycles. The number of benzene rings is 3. The van der Waals surface area contributed by atoms with Gasteiger partial charge in [0.2, 0.25) is 0 Å². The molecule has 0 aliphatic rings. The Hall–Kier alpha value is -1.78. The van der Waals surface area contributed by atoms with Crippen LogP contribution in [0.15, 0.2) is 71.2 Å². The van der Waals surface area contributed by atoms with Crippen molar-refractivity contribution in [3.05, 3.63) is 81.8 Å². The highest BCUT2D eigenvalue weighted by Crippen LogP contribution is 2.43. The van der Waals surface area contributed by atoms with Gasteiger partial charge in [-0.2, -0.15) is 13.2 Å². The van der Waals surface area contributed by atoms with Crippen molar-refractivity contribution in [1.29, 1.82) is 0 Å². The van der Waals surface area contributed by atoms with Crippen molar-refractivity contribution >= 4 is 27.5 Å². The molecular weight excluding hydrogens is 401 g/mol.